The van der Waals surface area contributed by atoms with Gasteiger partial charge in [0.1, 0.15) is 0 Å². The third-order valence-corrected chi connectivity index (χ3v) is 5.84. The molecule has 2 saturated carbocycles. The predicted molar refractivity (Wildman–Crippen MR) is 90.9 cm³/mol. The Balaban J connectivity index is 1.70. The number of nitrogens with one attached hydrogen (secondary N) is 1. The molecule has 3 atom stereocenters. The van der Waals surface area contributed by atoms with Gasteiger partial charge in [-0.15, -0.1) is 0 Å². The molecule has 0 bridgehead atoms. The summed E-state index contributed by atoms with van der Waals surface area (Å²) in [6.45, 7) is 5.49. The van der Waals surface area contributed by atoms with Crippen LogP contribution in [-0.2, 0) is 6.42 Å². The van der Waals surface area contributed by atoms with Gasteiger partial charge in [-0.25, -0.2) is 0 Å². The zero-order chi connectivity index (χ0) is 14.8. The van der Waals surface area contributed by atoms with Crippen LogP contribution in [0.4, 0.5) is 0 Å². The van der Waals surface area contributed by atoms with Gasteiger partial charge in [-0.3, -0.25) is 0 Å². The van der Waals surface area contributed by atoms with Crippen molar-refractivity contribution in [2.75, 3.05) is 6.54 Å². The van der Waals surface area contributed by atoms with Gasteiger partial charge in [0.15, 0.2) is 0 Å². The highest BCUT2D eigenvalue weighted by molar-refractivity contribution is 6.31. The number of hydrogen-bond acceptors (Lipinski definition) is 1. The molecule has 2 aliphatic carbocycles. The van der Waals surface area contributed by atoms with E-state index >= 15 is 0 Å². The second kappa shape index (κ2) is 6.71. The van der Waals surface area contributed by atoms with Crippen molar-refractivity contribution < 1.29 is 0 Å². The molecule has 0 spiro atoms. The van der Waals surface area contributed by atoms with E-state index in [1.807, 2.05) is 0 Å². The summed E-state index contributed by atoms with van der Waals surface area (Å²) in [7, 11) is 0. The van der Waals surface area contributed by atoms with Gasteiger partial charge in [0.2, 0.25) is 0 Å². The van der Waals surface area contributed by atoms with E-state index in [4.69, 9.17) is 11.6 Å². The zero-order valence-electron chi connectivity index (χ0n) is 13.4. The maximum Gasteiger partial charge on any atom is 0.0441 e. The number of aryl methyl sites for hydroxylation is 1. The highest BCUT2D eigenvalue weighted by Crippen LogP contribution is 2.57. The normalized spacial score (nSPS) is 29.0. The Morgan fingerprint density at radius 1 is 1.24 bits per heavy atom. The van der Waals surface area contributed by atoms with Gasteiger partial charge >= 0.3 is 0 Å². The molecular weight excluding hydrogens is 278 g/mol. The van der Waals surface area contributed by atoms with Gasteiger partial charge in [-0.05, 0) is 74.1 Å². The molecule has 1 N–H and O–H groups in total. The minimum absolute atomic E-state index is 0.623. The summed E-state index contributed by atoms with van der Waals surface area (Å²) in [5.74, 6) is 2.89. The lowest BCUT2D eigenvalue weighted by molar-refractivity contribution is 0.428. The van der Waals surface area contributed by atoms with E-state index in [1.165, 1.54) is 43.2 Å². The van der Waals surface area contributed by atoms with E-state index in [-0.39, 0.29) is 0 Å². The van der Waals surface area contributed by atoms with Crippen LogP contribution in [0.1, 0.15) is 50.2 Å². The Hall–Kier alpha value is -0.530. The van der Waals surface area contributed by atoms with Crippen LogP contribution in [0.3, 0.4) is 0 Å². The molecule has 21 heavy (non-hydrogen) atoms. The van der Waals surface area contributed by atoms with Crippen molar-refractivity contribution in [2.45, 2.75) is 58.4 Å². The Kier molecular flexibility index (Phi) is 4.91. The molecule has 0 amide bonds. The van der Waals surface area contributed by atoms with E-state index in [1.54, 1.807) is 0 Å². The van der Waals surface area contributed by atoms with Gasteiger partial charge < -0.3 is 5.32 Å². The summed E-state index contributed by atoms with van der Waals surface area (Å²) in [4.78, 5) is 0. The highest BCUT2D eigenvalue weighted by atomic mass is 35.5. The molecule has 3 rings (SSSR count). The van der Waals surface area contributed by atoms with Gasteiger partial charge in [0, 0.05) is 11.1 Å². The van der Waals surface area contributed by atoms with E-state index in [0.717, 1.165) is 35.7 Å². The van der Waals surface area contributed by atoms with Crippen LogP contribution in [0.5, 0.6) is 0 Å². The first-order chi connectivity index (χ1) is 10.2. The summed E-state index contributed by atoms with van der Waals surface area (Å²) >= 11 is 6.46. The number of hydrogen-bond donors (Lipinski definition) is 1. The summed E-state index contributed by atoms with van der Waals surface area (Å²) in [5, 5.41) is 4.77. The van der Waals surface area contributed by atoms with Crippen LogP contribution in [0, 0.1) is 24.7 Å². The largest absolute Gasteiger partial charge is 0.313 e. The van der Waals surface area contributed by atoms with Crippen LogP contribution in [0.15, 0.2) is 18.2 Å². The fourth-order valence-corrected chi connectivity index (χ4v) is 4.69. The molecule has 2 aliphatic rings. The second-order valence-corrected chi connectivity index (χ2v) is 7.46. The van der Waals surface area contributed by atoms with E-state index < -0.39 is 0 Å². The fraction of sp³-hybridized carbons (Fsp3) is 0.684. The second-order valence-electron chi connectivity index (χ2n) is 7.05. The molecule has 1 nitrogen and oxygen atoms in total. The first-order valence-electron chi connectivity index (χ1n) is 8.69. The average Bonchev–Trinajstić information content (AvgIpc) is 3.20. The molecule has 0 aliphatic heterocycles. The third-order valence-electron chi connectivity index (χ3n) is 5.49. The molecule has 0 radical (unpaired) electrons. The lowest BCUT2D eigenvalue weighted by Crippen LogP contribution is -2.35. The summed E-state index contributed by atoms with van der Waals surface area (Å²) in [5.41, 5.74) is 2.57. The zero-order valence-corrected chi connectivity index (χ0v) is 14.1. The van der Waals surface area contributed by atoms with Gasteiger partial charge in [-0.2, -0.15) is 0 Å². The lowest BCUT2D eigenvalue weighted by Gasteiger charge is -2.20. The third kappa shape index (κ3) is 3.46. The summed E-state index contributed by atoms with van der Waals surface area (Å²) in [6.07, 6.45) is 8.12. The first-order valence-corrected chi connectivity index (χ1v) is 9.07. The minimum Gasteiger partial charge on any atom is -0.313 e. The van der Waals surface area contributed by atoms with Crippen molar-refractivity contribution in [3.63, 3.8) is 0 Å². The van der Waals surface area contributed by atoms with Gasteiger partial charge in [-0.1, -0.05) is 43.5 Å². The maximum atomic E-state index is 6.46. The van der Waals surface area contributed by atoms with Gasteiger partial charge in [0.05, 0.1) is 0 Å². The lowest BCUT2D eigenvalue weighted by atomic mass is 9.98. The summed E-state index contributed by atoms with van der Waals surface area (Å²) in [6, 6.07) is 7.15. The van der Waals surface area contributed by atoms with E-state index in [9.17, 15) is 0 Å². The molecule has 1 aromatic rings. The molecule has 2 heteroatoms. The highest BCUT2D eigenvalue weighted by Gasteiger charge is 2.53. The average molecular weight is 306 g/mol. The Morgan fingerprint density at radius 3 is 2.57 bits per heavy atom. The van der Waals surface area contributed by atoms with E-state index in [0.29, 0.717) is 6.04 Å². The Morgan fingerprint density at radius 2 is 1.95 bits per heavy atom. The molecule has 0 saturated heterocycles. The monoisotopic (exact) mass is 305 g/mol. The number of halogens is 1. The van der Waals surface area contributed by atoms with E-state index in [2.05, 4.69) is 37.4 Å². The number of rotatable bonds is 6. The van der Waals surface area contributed by atoms with Gasteiger partial charge in [0.25, 0.3) is 0 Å². The number of benzene rings is 1. The smallest absolute Gasteiger partial charge is 0.0441 e. The quantitative estimate of drug-likeness (QED) is 0.780. The Labute approximate surface area is 134 Å². The maximum absolute atomic E-state index is 6.46. The predicted octanol–water partition coefficient (Wildman–Crippen LogP) is 5.00. The first kappa shape index (κ1) is 15.4. The molecule has 0 heterocycles. The van der Waals surface area contributed by atoms with Crippen molar-refractivity contribution in [3.8, 4) is 0 Å². The molecule has 116 valence electrons. The fourth-order valence-electron chi connectivity index (χ4n) is 4.37. The van der Waals surface area contributed by atoms with Crippen LogP contribution in [0.25, 0.3) is 0 Å². The SMILES string of the molecule is CCCNC(Cc1ccc(C)cc1Cl)C1C2CCCCC21. The van der Waals surface area contributed by atoms with Crippen LogP contribution in [0.2, 0.25) is 5.02 Å². The molecular formula is C19H28ClN. The van der Waals surface area contributed by atoms with Crippen molar-refractivity contribution in [3.05, 3.63) is 34.3 Å². The Bertz CT molecular complexity index is 472. The van der Waals surface area contributed by atoms with Crippen molar-refractivity contribution in [1.82, 2.24) is 5.32 Å². The van der Waals surface area contributed by atoms with Crippen molar-refractivity contribution >= 4 is 11.6 Å². The van der Waals surface area contributed by atoms with Crippen LogP contribution in [-0.4, -0.2) is 12.6 Å². The number of fused-ring (bicyclic) bond motifs is 1. The van der Waals surface area contributed by atoms with Crippen LogP contribution >= 0.6 is 11.6 Å². The van der Waals surface area contributed by atoms with Crippen LogP contribution < -0.4 is 5.32 Å². The van der Waals surface area contributed by atoms with Crippen molar-refractivity contribution in [2.24, 2.45) is 17.8 Å². The standard InChI is InChI=1S/C19H28ClN/c1-3-10-21-18(19-15-6-4-5-7-16(15)19)12-14-9-8-13(2)11-17(14)20/h8-9,11,15-16,18-19,21H,3-7,10,12H2,1-2H3. The molecule has 2 fully saturated rings. The topological polar surface area (TPSA) is 12.0 Å². The molecule has 0 aromatic heterocycles. The summed E-state index contributed by atoms with van der Waals surface area (Å²) < 4.78 is 0. The van der Waals surface area contributed by atoms with Crippen molar-refractivity contribution in [1.29, 1.82) is 0 Å². The minimum atomic E-state index is 0.623. The molecule has 1 aromatic carbocycles. The molecule has 3 unspecified atom stereocenters.